The molecule has 3 unspecified atom stereocenters. The highest BCUT2D eigenvalue weighted by Gasteiger charge is 2.23. The van der Waals surface area contributed by atoms with Gasteiger partial charge in [0, 0.05) is 18.6 Å². The van der Waals surface area contributed by atoms with E-state index < -0.39 is 0 Å². The smallest absolute Gasteiger partial charge is 0.0116 e. The Morgan fingerprint density at radius 3 is 2.56 bits per heavy atom. The van der Waals surface area contributed by atoms with Crippen LogP contribution in [0, 0.1) is 11.8 Å². The molecule has 2 nitrogen and oxygen atoms in total. The van der Waals surface area contributed by atoms with Crippen molar-refractivity contribution in [3.8, 4) is 0 Å². The summed E-state index contributed by atoms with van der Waals surface area (Å²) in [5.74, 6) is 1.55. The Hall–Kier alpha value is -0.0800. The summed E-state index contributed by atoms with van der Waals surface area (Å²) in [6.45, 7) is 15.4. The summed E-state index contributed by atoms with van der Waals surface area (Å²) in [7, 11) is 0. The van der Waals surface area contributed by atoms with Crippen LogP contribution in [0.15, 0.2) is 0 Å². The molecule has 16 heavy (non-hydrogen) atoms. The van der Waals surface area contributed by atoms with Crippen LogP contribution in [0.2, 0.25) is 0 Å². The average Bonchev–Trinajstić information content (AvgIpc) is 2.21. The second-order valence-electron chi connectivity index (χ2n) is 5.92. The molecular formula is C14H30N2. The van der Waals surface area contributed by atoms with Crippen molar-refractivity contribution in [2.75, 3.05) is 19.6 Å². The van der Waals surface area contributed by atoms with E-state index in [1.165, 1.54) is 32.5 Å². The first-order valence-electron chi connectivity index (χ1n) is 7.02. The van der Waals surface area contributed by atoms with Crippen LogP contribution in [0.1, 0.15) is 47.5 Å². The Labute approximate surface area is 102 Å². The fraction of sp³-hybridized carbons (Fsp3) is 1.00. The van der Waals surface area contributed by atoms with E-state index in [0.717, 1.165) is 17.9 Å². The first kappa shape index (κ1) is 14.0. The minimum Gasteiger partial charge on any atom is -0.314 e. The number of hydrogen-bond acceptors (Lipinski definition) is 2. The third-order valence-corrected chi connectivity index (χ3v) is 3.87. The molecule has 1 fully saturated rings. The van der Waals surface area contributed by atoms with Gasteiger partial charge in [-0.15, -0.1) is 0 Å². The minimum absolute atomic E-state index is 0.676. The van der Waals surface area contributed by atoms with Crippen molar-refractivity contribution in [2.24, 2.45) is 11.8 Å². The molecule has 0 aromatic heterocycles. The molecule has 3 atom stereocenters. The summed E-state index contributed by atoms with van der Waals surface area (Å²) in [5, 5.41) is 3.61. The molecule has 1 aliphatic heterocycles. The van der Waals surface area contributed by atoms with E-state index >= 15 is 0 Å². The van der Waals surface area contributed by atoms with Gasteiger partial charge in [0.25, 0.3) is 0 Å². The zero-order valence-electron chi connectivity index (χ0n) is 11.8. The van der Waals surface area contributed by atoms with Gasteiger partial charge in [-0.1, -0.05) is 27.7 Å². The van der Waals surface area contributed by atoms with E-state index in [4.69, 9.17) is 0 Å². The molecule has 0 aromatic carbocycles. The van der Waals surface area contributed by atoms with Crippen LogP contribution in [-0.4, -0.2) is 36.6 Å². The summed E-state index contributed by atoms with van der Waals surface area (Å²) in [5.41, 5.74) is 0. The highest BCUT2D eigenvalue weighted by atomic mass is 15.2. The summed E-state index contributed by atoms with van der Waals surface area (Å²) >= 11 is 0. The van der Waals surface area contributed by atoms with Crippen LogP contribution >= 0.6 is 0 Å². The van der Waals surface area contributed by atoms with Crippen LogP contribution < -0.4 is 5.32 Å². The normalized spacial score (nSPS) is 31.1. The van der Waals surface area contributed by atoms with Crippen LogP contribution in [0.5, 0.6) is 0 Å². The fourth-order valence-electron chi connectivity index (χ4n) is 2.87. The monoisotopic (exact) mass is 226 g/mol. The first-order chi connectivity index (χ1) is 7.54. The zero-order valence-corrected chi connectivity index (χ0v) is 11.8. The molecule has 96 valence electrons. The van der Waals surface area contributed by atoms with E-state index in [2.05, 4.69) is 44.8 Å². The summed E-state index contributed by atoms with van der Waals surface area (Å²) in [6, 6.07) is 1.45. The summed E-state index contributed by atoms with van der Waals surface area (Å²) in [4.78, 5) is 2.73. The Kier molecular flexibility index (Phi) is 5.77. The molecule has 0 radical (unpaired) electrons. The molecule has 1 saturated heterocycles. The van der Waals surface area contributed by atoms with Gasteiger partial charge in [-0.3, -0.25) is 4.90 Å². The molecule has 0 saturated carbocycles. The van der Waals surface area contributed by atoms with E-state index in [1.54, 1.807) is 0 Å². The molecule has 1 rings (SSSR count). The van der Waals surface area contributed by atoms with E-state index in [1.807, 2.05) is 0 Å². The number of rotatable bonds is 3. The highest BCUT2D eigenvalue weighted by molar-refractivity contribution is 4.80. The number of hydrogen-bond donors (Lipinski definition) is 1. The molecule has 0 spiro atoms. The topological polar surface area (TPSA) is 15.3 Å². The predicted octanol–water partition coefficient (Wildman–Crippen LogP) is 2.74. The zero-order chi connectivity index (χ0) is 12.1. The third kappa shape index (κ3) is 4.06. The average molecular weight is 226 g/mol. The Bertz CT molecular complexity index is 191. The minimum atomic E-state index is 0.676. The largest absolute Gasteiger partial charge is 0.314 e. The Morgan fingerprint density at radius 1 is 1.31 bits per heavy atom. The maximum Gasteiger partial charge on any atom is 0.0116 e. The van der Waals surface area contributed by atoms with Gasteiger partial charge in [0.05, 0.1) is 0 Å². The molecule has 0 amide bonds. The maximum absolute atomic E-state index is 3.61. The van der Waals surface area contributed by atoms with E-state index in [0.29, 0.717) is 6.04 Å². The van der Waals surface area contributed by atoms with Gasteiger partial charge >= 0.3 is 0 Å². The van der Waals surface area contributed by atoms with Crippen molar-refractivity contribution in [3.63, 3.8) is 0 Å². The molecule has 0 bridgehead atoms. The Morgan fingerprint density at radius 2 is 2.00 bits per heavy atom. The summed E-state index contributed by atoms with van der Waals surface area (Å²) < 4.78 is 0. The highest BCUT2D eigenvalue weighted by Crippen LogP contribution is 2.18. The van der Waals surface area contributed by atoms with Gasteiger partial charge in [-0.25, -0.2) is 0 Å². The van der Waals surface area contributed by atoms with Crippen molar-refractivity contribution in [1.29, 1.82) is 0 Å². The lowest BCUT2D eigenvalue weighted by atomic mass is 9.97. The SMILES string of the molecule is CCC(C(C)C)N1CCC(C)NCC(C)C1. The van der Waals surface area contributed by atoms with Crippen LogP contribution in [-0.2, 0) is 0 Å². The molecule has 2 heteroatoms. The third-order valence-electron chi connectivity index (χ3n) is 3.87. The molecular weight excluding hydrogens is 196 g/mol. The second kappa shape index (κ2) is 6.61. The van der Waals surface area contributed by atoms with E-state index in [9.17, 15) is 0 Å². The molecule has 0 aliphatic carbocycles. The summed E-state index contributed by atoms with van der Waals surface area (Å²) in [6.07, 6.45) is 2.57. The molecule has 0 aromatic rings. The van der Waals surface area contributed by atoms with Crippen molar-refractivity contribution in [1.82, 2.24) is 10.2 Å². The van der Waals surface area contributed by atoms with Crippen LogP contribution in [0.3, 0.4) is 0 Å². The van der Waals surface area contributed by atoms with Gasteiger partial charge in [0.15, 0.2) is 0 Å². The maximum atomic E-state index is 3.61. The van der Waals surface area contributed by atoms with Crippen molar-refractivity contribution >= 4 is 0 Å². The predicted molar refractivity (Wildman–Crippen MR) is 71.7 cm³/mol. The quantitative estimate of drug-likeness (QED) is 0.796. The molecule has 1 heterocycles. The van der Waals surface area contributed by atoms with Gasteiger partial charge < -0.3 is 5.32 Å². The fourth-order valence-corrected chi connectivity index (χ4v) is 2.87. The Balaban J connectivity index is 2.60. The standard InChI is InChI=1S/C14H30N2/c1-6-14(11(2)3)16-8-7-13(5)15-9-12(4)10-16/h11-15H,6-10H2,1-5H3. The van der Waals surface area contributed by atoms with Crippen LogP contribution in [0.25, 0.3) is 0 Å². The molecule has 1 aliphatic rings. The van der Waals surface area contributed by atoms with Gasteiger partial charge in [0.1, 0.15) is 0 Å². The van der Waals surface area contributed by atoms with Gasteiger partial charge in [-0.05, 0) is 44.7 Å². The lowest BCUT2D eigenvalue weighted by Crippen LogP contribution is -2.47. The van der Waals surface area contributed by atoms with E-state index in [-0.39, 0.29) is 0 Å². The first-order valence-corrected chi connectivity index (χ1v) is 7.02. The second-order valence-corrected chi connectivity index (χ2v) is 5.92. The number of nitrogens with zero attached hydrogens (tertiary/aromatic N) is 1. The van der Waals surface area contributed by atoms with Crippen molar-refractivity contribution < 1.29 is 0 Å². The molecule has 1 N–H and O–H groups in total. The van der Waals surface area contributed by atoms with Crippen LogP contribution in [0.4, 0.5) is 0 Å². The van der Waals surface area contributed by atoms with Crippen molar-refractivity contribution in [3.05, 3.63) is 0 Å². The number of nitrogens with one attached hydrogen (secondary N) is 1. The lowest BCUT2D eigenvalue weighted by Gasteiger charge is -2.38. The van der Waals surface area contributed by atoms with Gasteiger partial charge in [-0.2, -0.15) is 0 Å². The van der Waals surface area contributed by atoms with Gasteiger partial charge in [0.2, 0.25) is 0 Å². The van der Waals surface area contributed by atoms with Crippen molar-refractivity contribution in [2.45, 2.75) is 59.5 Å². The lowest BCUT2D eigenvalue weighted by molar-refractivity contribution is 0.113.